The standard InChI is InChI=1S/C22H17ClN4O/c23-15-10-12-16(13-11-15)25-21-14-19(26-22(24)27-21)18-8-4-5-9-20(18)28-17-6-2-1-3-7-17/h1-14H,(H3,24,25,26,27). The molecule has 3 aromatic carbocycles. The van der Waals surface area contributed by atoms with Crippen LogP contribution in [0.25, 0.3) is 11.3 Å². The Morgan fingerprint density at radius 1 is 0.821 bits per heavy atom. The van der Waals surface area contributed by atoms with E-state index in [2.05, 4.69) is 15.3 Å². The predicted molar refractivity (Wildman–Crippen MR) is 113 cm³/mol. The normalized spacial score (nSPS) is 10.5. The molecule has 4 rings (SSSR count). The van der Waals surface area contributed by atoms with Gasteiger partial charge in [0, 0.05) is 22.3 Å². The average molecular weight is 389 g/mol. The maximum Gasteiger partial charge on any atom is 0.222 e. The van der Waals surface area contributed by atoms with Gasteiger partial charge in [-0.05, 0) is 48.5 Å². The van der Waals surface area contributed by atoms with Crippen LogP contribution in [0.2, 0.25) is 5.02 Å². The number of nitrogens with two attached hydrogens (primary N) is 1. The Morgan fingerprint density at radius 2 is 1.54 bits per heavy atom. The molecule has 0 saturated carbocycles. The number of hydrogen-bond donors (Lipinski definition) is 2. The van der Waals surface area contributed by atoms with Crippen LogP contribution in [-0.4, -0.2) is 9.97 Å². The van der Waals surface area contributed by atoms with Crippen LogP contribution in [0.1, 0.15) is 0 Å². The van der Waals surface area contributed by atoms with Gasteiger partial charge in [0.15, 0.2) is 0 Å². The van der Waals surface area contributed by atoms with E-state index in [0.717, 1.165) is 17.0 Å². The number of nitrogens with one attached hydrogen (secondary N) is 1. The zero-order valence-corrected chi connectivity index (χ0v) is 15.6. The molecule has 0 amide bonds. The molecule has 4 aromatic rings. The Kier molecular flexibility index (Phi) is 5.08. The highest BCUT2D eigenvalue weighted by atomic mass is 35.5. The topological polar surface area (TPSA) is 73.1 Å². The first-order valence-electron chi connectivity index (χ1n) is 8.67. The van der Waals surface area contributed by atoms with Crippen molar-refractivity contribution in [2.45, 2.75) is 0 Å². The molecular weight excluding hydrogens is 372 g/mol. The van der Waals surface area contributed by atoms with Crippen molar-refractivity contribution in [3.8, 4) is 22.8 Å². The molecule has 28 heavy (non-hydrogen) atoms. The summed E-state index contributed by atoms with van der Waals surface area (Å²) in [6, 6.07) is 26.4. The van der Waals surface area contributed by atoms with Crippen LogP contribution in [0.5, 0.6) is 11.5 Å². The van der Waals surface area contributed by atoms with Gasteiger partial charge < -0.3 is 15.8 Å². The van der Waals surface area contributed by atoms with E-state index in [4.69, 9.17) is 22.1 Å². The molecule has 0 saturated heterocycles. The maximum absolute atomic E-state index is 6.04. The molecule has 0 radical (unpaired) electrons. The van der Waals surface area contributed by atoms with Crippen molar-refractivity contribution in [1.82, 2.24) is 9.97 Å². The molecule has 138 valence electrons. The van der Waals surface area contributed by atoms with Crippen molar-refractivity contribution in [2.24, 2.45) is 0 Å². The fourth-order valence-corrected chi connectivity index (χ4v) is 2.86. The van der Waals surface area contributed by atoms with Crippen molar-refractivity contribution in [3.05, 3.63) is 90.0 Å². The molecule has 1 heterocycles. The van der Waals surface area contributed by atoms with E-state index < -0.39 is 0 Å². The van der Waals surface area contributed by atoms with Crippen LogP contribution in [0.4, 0.5) is 17.5 Å². The van der Waals surface area contributed by atoms with Crippen LogP contribution in [-0.2, 0) is 0 Å². The Bertz CT molecular complexity index is 1090. The molecule has 0 aliphatic rings. The number of nitrogens with zero attached hydrogens (tertiary/aromatic N) is 2. The summed E-state index contributed by atoms with van der Waals surface area (Å²) in [4.78, 5) is 8.66. The van der Waals surface area contributed by atoms with Gasteiger partial charge >= 0.3 is 0 Å². The van der Waals surface area contributed by atoms with Gasteiger partial charge in [0.1, 0.15) is 17.3 Å². The van der Waals surface area contributed by atoms with Gasteiger partial charge in [-0.2, -0.15) is 4.98 Å². The Morgan fingerprint density at radius 3 is 2.32 bits per heavy atom. The molecule has 0 fully saturated rings. The minimum atomic E-state index is 0.170. The summed E-state index contributed by atoms with van der Waals surface area (Å²) >= 11 is 5.94. The first-order chi connectivity index (χ1) is 13.7. The van der Waals surface area contributed by atoms with E-state index in [1.165, 1.54) is 0 Å². The van der Waals surface area contributed by atoms with E-state index >= 15 is 0 Å². The van der Waals surface area contributed by atoms with Gasteiger partial charge in [-0.25, -0.2) is 4.98 Å². The lowest BCUT2D eigenvalue weighted by Crippen LogP contribution is -2.02. The molecule has 3 N–H and O–H groups in total. The quantitative estimate of drug-likeness (QED) is 0.444. The summed E-state index contributed by atoms with van der Waals surface area (Å²) in [6.07, 6.45) is 0. The zero-order chi connectivity index (χ0) is 19.3. The summed E-state index contributed by atoms with van der Waals surface area (Å²) in [5, 5.41) is 3.89. The van der Waals surface area contributed by atoms with Gasteiger partial charge in [-0.15, -0.1) is 0 Å². The number of anilines is 3. The Hall–Kier alpha value is -3.57. The van der Waals surface area contributed by atoms with E-state index in [-0.39, 0.29) is 5.95 Å². The molecule has 0 aliphatic heterocycles. The number of rotatable bonds is 5. The number of ether oxygens (including phenoxy) is 1. The number of benzene rings is 3. The van der Waals surface area contributed by atoms with Crippen molar-refractivity contribution < 1.29 is 4.74 Å². The molecule has 6 heteroatoms. The fraction of sp³-hybridized carbons (Fsp3) is 0. The number of nitrogen functional groups attached to an aromatic ring is 1. The second-order valence-electron chi connectivity index (χ2n) is 6.04. The number of halogens is 1. The van der Waals surface area contributed by atoms with Crippen LogP contribution >= 0.6 is 11.6 Å². The summed E-state index contributed by atoms with van der Waals surface area (Å²) < 4.78 is 6.04. The van der Waals surface area contributed by atoms with E-state index in [0.29, 0.717) is 22.3 Å². The lowest BCUT2D eigenvalue weighted by molar-refractivity contribution is 0.484. The van der Waals surface area contributed by atoms with Crippen molar-refractivity contribution >= 4 is 29.1 Å². The number of hydrogen-bond acceptors (Lipinski definition) is 5. The average Bonchev–Trinajstić information content (AvgIpc) is 2.70. The first-order valence-corrected chi connectivity index (χ1v) is 9.05. The lowest BCUT2D eigenvalue weighted by Gasteiger charge is -2.12. The SMILES string of the molecule is Nc1nc(Nc2ccc(Cl)cc2)cc(-c2ccccc2Oc2ccccc2)n1. The monoisotopic (exact) mass is 388 g/mol. The minimum Gasteiger partial charge on any atom is -0.457 e. The van der Waals surface area contributed by atoms with Crippen molar-refractivity contribution in [3.63, 3.8) is 0 Å². The largest absolute Gasteiger partial charge is 0.457 e. The van der Waals surface area contributed by atoms with E-state index in [1.54, 1.807) is 12.1 Å². The summed E-state index contributed by atoms with van der Waals surface area (Å²) in [5.74, 6) is 2.18. The predicted octanol–water partition coefficient (Wildman–Crippen LogP) is 5.92. The van der Waals surface area contributed by atoms with Crippen molar-refractivity contribution in [2.75, 3.05) is 11.1 Å². The number of para-hydroxylation sites is 2. The highest BCUT2D eigenvalue weighted by molar-refractivity contribution is 6.30. The van der Waals surface area contributed by atoms with Crippen LogP contribution in [0, 0.1) is 0 Å². The molecule has 0 bridgehead atoms. The van der Waals surface area contributed by atoms with Gasteiger partial charge in [0.25, 0.3) is 0 Å². The molecule has 0 atom stereocenters. The molecule has 0 unspecified atom stereocenters. The first kappa shape index (κ1) is 17.8. The lowest BCUT2D eigenvalue weighted by atomic mass is 10.1. The minimum absolute atomic E-state index is 0.170. The molecule has 1 aromatic heterocycles. The van der Waals surface area contributed by atoms with Gasteiger partial charge in [0.05, 0.1) is 5.69 Å². The van der Waals surface area contributed by atoms with Crippen LogP contribution < -0.4 is 15.8 Å². The third-order valence-corrected chi connectivity index (χ3v) is 4.25. The van der Waals surface area contributed by atoms with E-state index in [9.17, 15) is 0 Å². The van der Waals surface area contributed by atoms with Gasteiger partial charge in [-0.3, -0.25) is 0 Å². The van der Waals surface area contributed by atoms with Crippen LogP contribution in [0.3, 0.4) is 0 Å². The fourth-order valence-electron chi connectivity index (χ4n) is 2.73. The third-order valence-electron chi connectivity index (χ3n) is 3.99. The van der Waals surface area contributed by atoms with Gasteiger partial charge in [-0.1, -0.05) is 41.9 Å². The number of aromatic nitrogens is 2. The second-order valence-corrected chi connectivity index (χ2v) is 6.48. The smallest absolute Gasteiger partial charge is 0.222 e. The Balaban J connectivity index is 1.68. The highest BCUT2D eigenvalue weighted by Crippen LogP contribution is 2.33. The summed E-state index contributed by atoms with van der Waals surface area (Å²) in [7, 11) is 0. The molecular formula is C22H17ClN4O. The summed E-state index contributed by atoms with van der Waals surface area (Å²) in [6.45, 7) is 0. The Labute approximate surface area is 167 Å². The molecule has 0 aliphatic carbocycles. The molecule has 0 spiro atoms. The van der Waals surface area contributed by atoms with Gasteiger partial charge in [0.2, 0.25) is 5.95 Å². The molecule has 5 nitrogen and oxygen atoms in total. The summed E-state index contributed by atoms with van der Waals surface area (Å²) in [5.41, 5.74) is 8.28. The highest BCUT2D eigenvalue weighted by Gasteiger charge is 2.11. The zero-order valence-electron chi connectivity index (χ0n) is 14.8. The maximum atomic E-state index is 6.04. The third kappa shape index (κ3) is 4.22. The van der Waals surface area contributed by atoms with Crippen LogP contribution in [0.15, 0.2) is 84.9 Å². The second kappa shape index (κ2) is 7.98. The van der Waals surface area contributed by atoms with E-state index in [1.807, 2.05) is 72.8 Å². The van der Waals surface area contributed by atoms with Crippen molar-refractivity contribution in [1.29, 1.82) is 0 Å².